The number of carbonyl (C=O) groups excluding carboxylic acids is 1. The van der Waals surface area contributed by atoms with Crippen LogP contribution in [0.1, 0.15) is 36.5 Å². The smallest absolute Gasteiger partial charge is 0.274 e. The molecule has 2 heterocycles. The summed E-state index contributed by atoms with van der Waals surface area (Å²) in [6.45, 7) is 7.58. The van der Waals surface area contributed by atoms with Gasteiger partial charge in [-0.25, -0.2) is 9.37 Å². The number of carbonyl (C=O) groups is 1. The van der Waals surface area contributed by atoms with Gasteiger partial charge in [0.05, 0.1) is 6.61 Å². The molecule has 1 aromatic heterocycles. The van der Waals surface area contributed by atoms with Gasteiger partial charge in [0.25, 0.3) is 5.91 Å². The van der Waals surface area contributed by atoms with Gasteiger partial charge in [-0.3, -0.25) is 4.79 Å². The molecule has 0 unspecified atom stereocenters. The van der Waals surface area contributed by atoms with Crippen molar-refractivity contribution in [2.24, 2.45) is 16.7 Å². The maximum atomic E-state index is 13.1. The lowest BCUT2D eigenvalue weighted by molar-refractivity contribution is -0.0977. The van der Waals surface area contributed by atoms with E-state index in [0.717, 1.165) is 12.0 Å². The van der Waals surface area contributed by atoms with Crippen molar-refractivity contribution in [1.82, 2.24) is 14.9 Å². The third-order valence-electron chi connectivity index (χ3n) is 6.21. The van der Waals surface area contributed by atoms with Crippen LogP contribution < -0.4 is 0 Å². The van der Waals surface area contributed by atoms with Gasteiger partial charge in [-0.1, -0.05) is 13.8 Å². The first-order chi connectivity index (χ1) is 12.3. The third-order valence-corrected chi connectivity index (χ3v) is 6.21. The Labute approximate surface area is 152 Å². The number of nitrogens with zero attached hydrogens (tertiary/aromatic N) is 2. The zero-order valence-corrected chi connectivity index (χ0v) is 15.3. The van der Waals surface area contributed by atoms with E-state index < -0.39 is 0 Å². The lowest BCUT2D eigenvalue weighted by atomic mass is 9.48. The number of aromatic nitrogens is 2. The highest BCUT2D eigenvalue weighted by atomic mass is 19.1. The van der Waals surface area contributed by atoms with Crippen LogP contribution in [0.5, 0.6) is 0 Å². The molecule has 1 aromatic carbocycles. The molecule has 6 heteroatoms. The Morgan fingerprint density at radius 3 is 2.65 bits per heavy atom. The van der Waals surface area contributed by atoms with Gasteiger partial charge < -0.3 is 15.0 Å². The van der Waals surface area contributed by atoms with Crippen molar-refractivity contribution < 1.29 is 14.3 Å². The first kappa shape index (κ1) is 17.2. The first-order valence-electron chi connectivity index (χ1n) is 8.98. The fraction of sp³-hybridized carbons (Fsp3) is 0.500. The number of imidazole rings is 1. The number of H-pyrrole nitrogens is 1. The molecule has 4 rings (SSSR count). The second kappa shape index (κ2) is 5.64. The van der Waals surface area contributed by atoms with Crippen LogP contribution in [0.3, 0.4) is 0 Å². The van der Waals surface area contributed by atoms with E-state index >= 15 is 0 Å². The van der Waals surface area contributed by atoms with Crippen LogP contribution in [0.4, 0.5) is 4.39 Å². The molecule has 1 aliphatic carbocycles. The number of aliphatic hydroxyl groups is 1. The number of fused-ring (bicyclic) bond motifs is 1. The van der Waals surface area contributed by atoms with Crippen LogP contribution in [0, 0.1) is 29.5 Å². The van der Waals surface area contributed by atoms with Crippen LogP contribution >= 0.6 is 0 Å². The van der Waals surface area contributed by atoms with Crippen molar-refractivity contribution >= 4 is 5.91 Å². The van der Waals surface area contributed by atoms with E-state index in [9.17, 15) is 14.3 Å². The maximum Gasteiger partial charge on any atom is 0.274 e. The fourth-order valence-electron chi connectivity index (χ4n) is 5.06. The highest BCUT2D eigenvalue weighted by Gasteiger charge is 2.63. The van der Waals surface area contributed by atoms with Crippen LogP contribution in [-0.2, 0) is 0 Å². The van der Waals surface area contributed by atoms with E-state index in [0.29, 0.717) is 36.2 Å². The summed E-state index contributed by atoms with van der Waals surface area (Å²) in [4.78, 5) is 22.5. The molecule has 0 radical (unpaired) electrons. The largest absolute Gasteiger partial charge is 0.396 e. The van der Waals surface area contributed by atoms with Crippen molar-refractivity contribution in [1.29, 1.82) is 0 Å². The van der Waals surface area contributed by atoms with Gasteiger partial charge in [0.2, 0.25) is 0 Å². The molecule has 1 aliphatic heterocycles. The molecule has 5 nitrogen and oxygen atoms in total. The summed E-state index contributed by atoms with van der Waals surface area (Å²) in [5.41, 5.74) is 1.83. The number of rotatable bonds is 3. The molecule has 2 atom stereocenters. The predicted molar refractivity (Wildman–Crippen MR) is 96.0 cm³/mol. The molecular formula is C20H24FN3O2. The van der Waals surface area contributed by atoms with Crippen LogP contribution in [0.2, 0.25) is 0 Å². The summed E-state index contributed by atoms with van der Waals surface area (Å²) in [5.74, 6) is 0.466. The molecule has 2 aliphatic rings. The Bertz CT molecular complexity index is 858. The average Bonchev–Trinajstić information content (AvgIpc) is 3.14. The van der Waals surface area contributed by atoms with Crippen molar-refractivity contribution in [2.75, 3.05) is 19.7 Å². The van der Waals surface area contributed by atoms with E-state index in [1.165, 1.54) is 12.1 Å². The Balaban J connectivity index is 1.59. The number of amides is 1. The topological polar surface area (TPSA) is 69.2 Å². The zero-order chi connectivity index (χ0) is 18.7. The van der Waals surface area contributed by atoms with E-state index in [1.807, 2.05) is 11.8 Å². The van der Waals surface area contributed by atoms with Crippen molar-refractivity contribution in [3.05, 3.63) is 41.5 Å². The quantitative estimate of drug-likeness (QED) is 0.887. The van der Waals surface area contributed by atoms with Crippen molar-refractivity contribution in [3.8, 4) is 11.4 Å². The third kappa shape index (κ3) is 2.47. The number of hydrogen-bond donors (Lipinski definition) is 2. The Hall–Kier alpha value is -2.21. The van der Waals surface area contributed by atoms with Gasteiger partial charge in [0, 0.05) is 29.8 Å². The summed E-state index contributed by atoms with van der Waals surface area (Å²) in [6, 6.07) is 6.03. The van der Waals surface area contributed by atoms with Gasteiger partial charge in [-0.15, -0.1) is 0 Å². The van der Waals surface area contributed by atoms with Crippen LogP contribution in [0.15, 0.2) is 24.3 Å². The number of halogens is 1. The SMILES string of the molecule is Cc1[nH]c(-c2ccc(F)cc2)nc1C(=O)N1C[C@@H]2C(C)(C)C[C@]2(CO)C1. The van der Waals surface area contributed by atoms with Crippen molar-refractivity contribution in [3.63, 3.8) is 0 Å². The second-order valence-corrected chi connectivity index (χ2v) is 8.49. The number of hydrogen-bond acceptors (Lipinski definition) is 3. The minimum atomic E-state index is -0.308. The molecule has 1 amide bonds. The van der Waals surface area contributed by atoms with E-state index in [4.69, 9.17) is 0 Å². The highest BCUT2D eigenvalue weighted by Crippen LogP contribution is 2.62. The summed E-state index contributed by atoms with van der Waals surface area (Å²) >= 11 is 0. The Kier molecular flexibility index (Phi) is 3.74. The summed E-state index contributed by atoms with van der Waals surface area (Å²) in [5, 5.41) is 9.89. The van der Waals surface area contributed by atoms with E-state index in [-0.39, 0.29) is 29.2 Å². The minimum Gasteiger partial charge on any atom is -0.396 e. The van der Waals surface area contributed by atoms with Gasteiger partial charge in [-0.2, -0.15) is 0 Å². The second-order valence-electron chi connectivity index (χ2n) is 8.49. The highest BCUT2D eigenvalue weighted by molar-refractivity contribution is 5.94. The van der Waals surface area contributed by atoms with E-state index in [2.05, 4.69) is 23.8 Å². The standard InChI is InChI=1S/C20H24FN3O2/c1-12-16(23-17(22-12)13-4-6-14(21)7-5-13)18(26)24-8-15-19(2,3)9-20(15,10-24)11-25/h4-7,15,25H,8-11H2,1-3H3,(H,22,23)/t15-,20-/m1/s1. The summed E-state index contributed by atoms with van der Waals surface area (Å²) in [6.07, 6.45) is 0.936. The number of nitrogens with one attached hydrogen (secondary N) is 1. The fourth-order valence-corrected chi connectivity index (χ4v) is 5.06. The number of aromatic amines is 1. The average molecular weight is 357 g/mol. The molecule has 1 saturated heterocycles. The van der Waals surface area contributed by atoms with Crippen LogP contribution in [-0.4, -0.2) is 45.6 Å². The molecule has 2 N–H and O–H groups in total. The zero-order valence-electron chi connectivity index (χ0n) is 15.3. The monoisotopic (exact) mass is 357 g/mol. The minimum absolute atomic E-state index is 0.106. The molecule has 0 bridgehead atoms. The summed E-state index contributed by atoms with van der Waals surface area (Å²) in [7, 11) is 0. The maximum absolute atomic E-state index is 13.1. The first-order valence-corrected chi connectivity index (χ1v) is 8.98. The molecule has 138 valence electrons. The number of benzene rings is 1. The molecule has 0 spiro atoms. The number of likely N-dealkylation sites (tertiary alicyclic amines) is 1. The van der Waals surface area contributed by atoms with Gasteiger partial charge in [-0.05, 0) is 48.9 Å². The number of aryl methyl sites for hydroxylation is 1. The lowest BCUT2D eigenvalue weighted by Gasteiger charge is -2.55. The number of aliphatic hydroxyl groups excluding tert-OH is 1. The van der Waals surface area contributed by atoms with Gasteiger partial charge in [0.15, 0.2) is 0 Å². The van der Waals surface area contributed by atoms with Gasteiger partial charge in [0.1, 0.15) is 17.3 Å². The molecule has 2 fully saturated rings. The molecular weight excluding hydrogens is 333 g/mol. The Morgan fingerprint density at radius 1 is 1.38 bits per heavy atom. The van der Waals surface area contributed by atoms with Crippen molar-refractivity contribution in [2.45, 2.75) is 27.2 Å². The normalized spacial score (nSPS) is 26.5. The van der Waals surface area contributed by atoms with Crippen LogP contribution in [0.25, 0.3) is 11.4 Å². The predicted octanol–water partition coefficient (Wildman–Crippen LogP) is 3.00. The molecule has 2 aromatic rings. The molecule has 1 saturated carbocycles. The molecule has 26 heavy (non-hydrogen) atoms. The Morgan fingerprint density at radius 2 is 2.08 bits per heavy atom. The lowest BCUT2D eigenvalue weighted by Crippen LogP contribution is -2.54. The summed E-state index contributed by atoms with van der Waals surface area (Å²) < 4.78 is 13.1. The van der Waals surface area contributed by atoms with Gasteiger partial charge >= 0.3 is 0 Å². The van der Waals surface area contributed by atoms with E-state index in [1.54, 1.807) is 12.1 Å².